The number of hydrogen-bond acceptors (Lipinski definition) is 2. The number of benzene rings is 6. The van der Waals surface area contributed by atoms with Gasteiger partial charge in [0.25, 0.3) is 0 Å². The number of anilines is 1. The Morgan fingerprint density at radius 3 is 1.68 bits per heavy atom. The quantitative estimate of drug-likeness (QED) is 0.181. The van der Waals surface area contributed by atoms with E-state index in [-0.39, 0.29) is 11.9 Å². The van der Waals surface area contributed by atoms with Crippen LogP contribution in [0, 0.1) is 0 Å². The molecule has 180 valence electrons. The zero-order chi connectivity index (χ0) is 25.3. The lowest BCUT2D eigenvalue weighted by Gasteiger charge is -2.58. The van der Waals surface area contributed by atoms with Crippen LogP contribution >= 0.6 is 0 Å². The lowest BCUT2D eigenvalue weighted by Crippen LogP contribution is -2.67. The fraction of sp³-hybridized carbons (Fsp3) is 0.0571. The van der Waals surface area contributed by atoms with Crippen LogP contribution in [0.5, 0.6) is 11.5 Å². The number of carbonyl (C=O) groups excluding carboxylic acids is 1. The summed E-state index contributed by atoms with van der Waals surface area (Å²) >= 11 is 0. The molecular weight excluding hydrogens is 466 g/mol. The number of amides is 1. The third-order valence-electron chi connectivity index (χ3n) is 8.19. The minimum atomic E-state index is -0.922. The van der Waals surface area contributed by atoms with Gasteiger partial charge in [-0.25, -0.2) is 0 Å². The number of ether oxygens (including phenoxy) is 1. The summed E-state index contributed by atoms with van der Waals surface area (Å²) < 4.78 is 6.39. The summed E-state index contributed by atoms with van der Waals surface area (Å²) in [7, 11) is 0. The van der Waals surface area contributed by atoms with Crippen molar-refractivity contribution in [2.45, 2.75) is 11.5 Å². The molecule has 0 bridgehead atoms. The van der Waals surface area contributed by atoms with Gasteiger partial charge in [-0.05, 0) is 57.4 Å². The first-order chi connectivity index (χ1) is 18.8. The van der Waals surface area contributed by atoms with Gasteiger partial charge in [0, 0.05) is 16.8 Å². The van der Waals surface area contributed by atoms with E-state index >= 15 is 0 Å². The molecule has 8 rings (SSSR count). The maximum atomic E-state index is 14.8. The number of carbonyl (C=O) groups is 1. The second-order valence-corrected chi connectivity index (χ2v) is 10.0. The molecule has 0 aromatic heterocycles. The SMILES string of the molecule is O=C1N(c2ccccc2)[C@@H](c2c3ccccc3cc3ccccc23)C12c1ccccc1Oc1ccccc12. The van der Waals surface area contributed by atoms with Gasteiger partial charge in [-0.15, -0.1) is 0 Å². The molecule has 1 atom stereocenters. The van der Waals surface area contributed by atoms with Crippen LogP contribution in [0.2, 0.25) is 0 Å². The highest BCUT2D eigenvalue weighted by atomic mass is 16.5. The number of rotatable bonds is 2. The van der Waals surface area contributed by atoms with E-state index in [9.17, 15) is 4.79 Å². The molecule has 3 heteroatoms. The highest BCUT2D eigenvalue weighted by Gasteiger charge is 2.67. The second-order valence-electron chi connectivity index (χ2n) is 10.0. The summed E-state index contributed by atoms with van der Waals surface area (Å²) in [4.78, 5) is 16.8. The van der Waals surface area contributed by atoms with Crippen LogP contribution in [0.1, 0.15) is 22.7 Å². The van der Waals surface area contributed by atoms with Gasteiger partial charge in [0.2, 0.25) is 5.91 Å². The molecule has 0 saturated carbocycles. The molecule has 1 spiro atoms. The summed E-state index contributed by atoms with van der Waals surface area (Å²) in [6, 6.07) is 45.1. The van der Waals surface area contributed by atoms with Crippen LogP contribution in [0.25, 0.3) is 21.5 Å². The molecule has 2 aliphatic heterocycles. The van der Waals surface area contributed by atoms with Gasteiger partial charge >= 0.3 is 0 Å². The maximum absolute atomic E-state index is 14.8. The lowest BCUT2D eigenvalue weighted by molar-refractivity contribution is -0.131. The summed E-state index contributed by atoms with van der Waals surface area (Å²) in [5.74, 6) is 1.54. The number of fused-ring (bicyclic) bond motifs is 6. The monoisotopic (exact) mass is 489 g/mol. The van der Waals surface area contributed by atoms with E-state index in [2.05, 4.69) is 66.7 Å². The van der Waals surface area contributed by atoms with Crippen molar-refractivity contribution in [2.24, 2.45) is 0 Å². The molecule has 2 heterocycles. The Hall–Kier alpha value is -4.89. The minimum absolute atomic E-state index is 0.0638. The molecule has 0 radical (unpaired) electrons. The summed E-state index contributed by atoms with van der Waals surface area (Å²) in [6.07, 6.45) is 0. The summed E-state index contributed by atoms with van der Waals surface area (Å²) in [6.45, 7) is 0. The first kappa shape index (κ1) is 21.2. The lowest BCUT2D eigenvalue weighted by atomic mass is 9.57. The topological polar surface area (TPSA) is 29.5 Å². The predicted molar refractivity (Wildman–Crippen MR) is 152 cm³/mol. The average Bonchev–Trinajstić information content (AvgIpc) is 2.98. The van der Waals surface area contributed by atoms with Crippen molar-refractivity contribution in [3.05, 3.63) is 150 Å². The Morgan fingerprint density at radius 1 is 0.579 bits per heavy atom. The standard InChI is InChI=1S/C35H23NO2/c37-34-35(28-18-8-10-20-30(28)38-31-21-11-9-19-29(31)35)33(36(34)25-14-2-1-3-15-25)32-26-16-6-4-12-23(26)22-24-13-5-7-17-27(24)32/h1-22,33H/t33-/m0/s1. The molecule has 1 saturated heterocycles. The Balaban J connectivity index is 1.54. The summed E-state index contributed by atoms with van der Waals surface area (Å²) in [5, 5.41) is 4.64. The molecule has 0 unspecified atom stereocenters. The Bertz CT molecular complexity index is 1790. The molecule has 0 aliphatic carbocycles. The molecule has 6 aromatic carbocycles. The molecule has 1 amide bonds. The van der Waals surface area contributed by atoms with Crippen LogP contribution in [0.4, 0.5) is 5.69 Å². The van der Waals surface area contributed by atoms with E-state index in [0.717, 1.165) is 55.4 Å². The van der Waals surface area contributed by atoms with E-state index in [4.69, 9.17) is 4.74 Å². The number of para-hydroxylation sites is 3. The van der Waals surface area contributed by atoms with Crippen LogP contribution in [-0.4, -0.2) is 5.91 Å². The molecule has 38 heavy (non-hydrogen) atoms. The van der Waals surface area contributed by atoms with Crippen molar-refractivity contribution in [1.29, 1.82) is 0 Å². The third-order valence-corrected chi connectivity index (χ3v) is 8.19. The predicted octanol–water partition coefficient (Wildman–Crippen LogP) is 8.17. The van der Waals surface area contributed by atoms with Crippen LogP contribution in [-0.2, 0) is 10.2 Å². The Kier molecular flexibility index (Phi) is 4.36. The van der Waals surface area contributed by atoms with Gasteiger partial charge in [-0.3, -0.25) is 4.79 Å². The molecule has 6 aromatic rings. The Morgan fingerprint density at radius 2 is 1.08 bits per heavy atom. The van der Waals surface area contributed by atoms with Gasteiger partial charge < -0.3 is 9.64 Å². The van der Waals surface area contributed by atoms with E-state index < -0.39 is 5.41 Å². The fourth-order valence-electron chi connectivity index (χ4n) is 6.65. The van der Waals surface area contributed by atoms with E-state index in [1.165, 1.54) is 0 Å². The normalized spacial score (nSPS) is 17.1. The molecular formula is C35H23NO2. The van der Waals surface area contributed by atoms with Gasteiger partial charge in [0.1, 0.15) is 16.9 Å². The molecule has 3 nitrogen and oxygen atoms in total. The zero-order valence-electron chi connectivity index (χ0n) is 20.5. The highest BCUT2D eigenvalue weighted by molar-refractivity contribution is 6.16. The minimum Gasteiger partial charge on any atom is -0.457 e. The van der Waals surface area contributed by atoms with Gasteiger partial charge in [0.05, 0.1) is 6.04 Å². The van der Waals surface area contributed by atoms with E-state index in [1.54, 1.807) is 0 Å². The van der Waals surface area contributed by atoms with Crippen molar-refractivity contribution in [2.75, 3.05) is 4.90 Å². The largest absolute Gasteiger partial charge is 0.457 e. The number of β-lactam (4-membered cyclic amide) rings is 1. The van der Waals surface area contributed by atoms with Gasteiger partial charge in [-0.1, -0.05) is 103 Å². The third kappa shape index (κ3) is 2.65. The van der Waals surface area contributed by atoms with Crippen molar-refractivity contribution in [3.8, 4) is 11.5 Å². The van der Waals surface area contributed by atoms with Crippen molar-refractivity contribution in [1.82, 2.24) is 0 Å². The number of nitrogens with zero attached hydrogens (tertiary/aromatic N) is 1. The van der Waals surface area contributed by atoms with Crippen LogP contribution in [0.15, 0.2) is 133 Å². The first-order valence-electron chi connectivity index (χ1n) is 12.9. The molecule has 2 aliphatic rings. The van der Waals surface area contributed by atoms with Crippen LogP contribution in [0.3, 0.4) is 0 Å². The second kappa shape index (κ2) is 7.80. The zero-order valence-corrected chi connectivity index (χ0v) is 20.5. The fourth-order valence-corrected chi connectivity index (χ4v) is 6.65. The smallest absolute Gasteiger partial charge is 0.245 e. The summed E-state index contributed by atoms with van der Waals surface area (Å²) in [5.41, 5.74) is 2.96. The van der Waals surface area contributed by atoms with E-state index in [0.29, 0.717) is 0 Å². The van der Waals surface area contributed by atoms with Crippen molar-refractivity contribution < 1.29 is 9.53 Å². The van der Waals surface area contributed by atoms with Crippen molar-refractivity contribution in [3.63, 3.8) is 0 Å². The first-order valence-corrected chi connectivity index (χ1v) is 12.9. The maximum Gasteiger partial charge on any atom is 0.245 e. The molecule has 0 N–H and O–H groups in total. The van der Waals surface area contributed by atoms with Crippen molar-refractivity contribution >= 4 is 33.1 Å². The number of hydrogen-bond donors (Lipinski definition) is 0. The van der Waals surface area contributed by atoms with Gasteiger partial charge in [0.15, 0.2) is 0 Å². The molecule has 1 fully saturated rings. The van der Waals surface area contributed by atoms with Crippen LogP contribution < -0.4 is 9.64 Å². The highest BCUT2D eigenvalue weighted by Crippen LogP contribution is 2.64. The van der Waals surface area contributed by atoms with E-state index in [1.807, 2.05) is 71.6 Å². The van der Waals surface area contributed by atoms with Gasteiger partial charge in [-0.2, -0.15) is 0 Å². The Labute approximate surface area is 220 Å². The average molecular weight is 490 g/mol.